The third-order valence-electron chi connectivity index (χ3n) is 4.83. The number of benzene rings is 1. The van der Waals surface area contributed by atoms with Crippen molar-refractivity contribution >= 4 is 29.2 Å². The molecule has 1 aliphatic heterocycles. The number of carbonyl (C=O) groups is 2. The van der Waals surface area contributed by atoms with Gasteiger partial charge in [-0.25, -0.2) is 4.79 Å². The predicted octanol–water partition coefficient (Wildman–Crippen LogP) is 4.44. The molecule has 162 valence electrons. The van der Waals surface area contributed by atoms with Crippen LogP contribution in [0.3, 0.4) is 0 Å². The van der Waals surface area contributed by atoms with E-state index >= 15 is 0 Å². The van der Waals surface area contributed by atoms with E-state index in [1.165, 1.54) is 36.4 Å². The second-order valence-electron chi connectivity index (χ2n) is 7.12. The van der Waals surface area contributed by atoms with E-state index in [0.29, 0.717) is 17.7 Å². The lowest BCUT2D eigenvalue weighted by molar-refractivity contribution is -0.137. The predicted molar refractivity (Wildman–Crippen MR) is 126 cm³/mol. The van der Waals surface area contributed by atoms with Crippen molar-refractivity contribution in [3.8, 4) is 17.9 Å². The number of thioether (sulfide) groups is 1. The maximum atomic E-state index is 12.7. The molecule has 0 spiro atoms. The number of esters is 1. The molecule has 1 saturated heterocycles. The van der Waals surface area contributed by atoms with E-state index in [0.717, 1.165) is 18.7 Å². The van der Waals surface area contributed by atoms with Gasteiger partial charge < -0.3 is 9.64 Å². The van der Waals surface area contributed by atoms with Crippen LogP contribution in [0.15, 0.2) is 47.4 Å². The highest BCUT2D eigenvalue weighted by Crippen LogP contribution is 2.29. The molecule has 1 fully saturated rings. The number of Topliss-reactive ketones (excluding diaryl/α,β-unsaturated/α-hetero) is 1. The van der Waals surface area contributed by atoms with Gasteiger partial charge in [-0.1, -0.05) is 37.6 Å². The summed E-state index contributed by atoms with van der Waals surface area (Å²) in [7, 11) is 0. The van der Waals surface area contributed by atoms with E-state index in [9.17, 15) is 14.9 Å². The smallest absolute Gasteiger partial charge is 0.350 e. The standard InChI is InChI=1S/C25H28N2O3S/c1-4-6-9-23(28)24(31-19(3)22(18-26)25(29)30-16-5-2)17-20-10-12-21(13-11-20)27-14-7-8-15-27/h5,10-13,24H,2,4,7-8,14-17H2,1,3H3/b22-19-. The van der Waals surface area contributed by atoms with Crippen LogP contribution in [0.25, 0.3) is 0 Å². The highest BCUT2D eigenvalue weighted by Gasteiger charge is 2.23. The van der Waals surface area contributed by atoms with E-state index in [1.807, 2.05) is 25.1 Å². The second-order valence-corrected chi connectivity index (χ2v) is 8.54. The van der Waals surface area contributed by atoms with Crippen molar-refractivity contribution in [1.29, 1.82) is 5.26 Å². The molecule has 0 aliphatic carbocycles. The van der Waals surface area contributed by atoms with Crippen LogP contribution in [0.4, 0.5) is 5.69 Å². The van der Waals surface area contributed by atoms with Crippen LogP contribution in [-0.4, -0.2) is 36.7 Å². The molecule has 1 aliphatic rings. The zero-order valence-electron chi connectivity index (χ0n) is 18.1. The van der Waals surface area contributed by atoms with Crippen molar-refractivity contribution < 1.29 is 14.3 Å². The van der Waals surface area contributed by atoms with Crippen LogP contribution in [0.2, 0.25) is 0 Å². The molecule has 0 aromatic heterocycles. The lowest BCUT2D eigenvalue weighted by atomic mass is 10.1. The molecule has 2 rings (SSSR count). The lowest BCUT2D eigenvalue weighted by Gasteiger charge is -2.18. The number of anilines is 1. The van der Waals surface area contributed by atoms with E-state index in [2.05, 4.69) is 35.5 Å². The van der Waals surface area contributed by atoms with E-state index in [4.69, 9.17) is 4.74 Å². The Bertz CT molecular complexity index is 926. The van der Waals surface area contributed by atoms with Gasteiger partial charge in [0, 0.05) is 30.1 Å². The molecule has 0 saturated carbocycles. The van der Waals surface area contributed by atoms with Gasteiger partial charge in [0.1, 0.15) is 18.2 Å². The maximum absolute atomic E-state index is 12.7. The van der Waals surface area contributed by atoms with E-state index < -0.39 is 11.2 Å². The first kappa shape index (κ1) is 24.3. The summed E-state index contributed by atoms with van der Waals surface area (Å²) in [5.41, 5.74) is 2.10. The Morgan fingerprint density at radius 1 is 1.29 bits per heavy atom. The largest absolute Gasteiger partial charge is 0.457 e. The fraction of sp³-hybridized carbons (Fsp3) is 0.400. The first-order valence-electron chi connectivity index (χ1n) is 10.4. The Hall–Kier alpha value is -2.96. The molecule has 1 aromatic rings. The number of rotatable bonds is 9. The summed E-state index contributed by atoms with van der Waals surface area (Å²) in [4.78, 5) is 27.7. The van der Waals surface area contributed by atoms with Crippen LogP contribution in [0.5, 0.6) is 0 Å². The Balaban J connectivity index is 2.21. The van der Waals surface area contributed by atoms with Gasteiger partial charge in [0.05, 0.1) is 5.25 Å². The Morgan fingerprint density at radius 3 is 2.55 bits per heavy atom. The summed E-state index contributed by atoms with van der Waals surface area (Å²) >= 11 is 1.19. The fourth-order valence-electron chi connectivity index (χ4n) is 3.22. The first-order chi connectivity index (χ1) is 15.0. The number of ether oxygens (including phenoxy) is 1. The number of hydrogen-bond acceptors (Lipinski definition) is 6. The van der Waals surface area contributed by atoms with Gasteiger partial charge in [0.15, 0.2) is 0 Å². The summed E-state index contributed by atoms with van der Waals surface area (Å²) in [6, 6.07) is 10.1. The van der Waals surface area contributed by atoms with Crippen molar-refractivity contribution in [1.82, 2.24) is 0 Å². The zero-order chi connectivity index (χ0) is 22.6. The number of allylic oxidation sites excluding steroid dienone is 1. The summed E-state index contributed by atoms with van der Waals surface area (Å²) in [6.07, 6.45) is 4.91. The molecule has 1 atom stereocenters. The normalized spacial score (nSPS) is 14.5. The van der Waals surface area contributed by atoms with Crippen LogP contribution in [0, 0.1) is 23.2 Å². The van der Waals surface area contributed by atoms with Gasteiger partial charge in [-0.15, -0.1) is 11.8 Å². The van der Waals surface area contributed by atoms with Crippen molar-refractivity contribution in [2.24, 2.45) is 0 Å². The quantitative estimate of drug-likeness (QED) is 0.142. The van der Waals surface area contributed by atoms with Crippen molar-refractivity contribution in [3.63, 3.8) is 0 Å². The maximum Gasteiger partial charge on any atom is 0.350 e. The zero-order valence-corrected chi connectivity index (χ0v) is 19.0. The number of ketones is 1. The minimum atomic E-state index is -0.715. The van der Waals surface area contributed by atoms with E-state index in [1.54, 1.807) is 6.92 Å². The summed E-state index contributed by atoms with van der Waals surface area (Å²) in [5, 5.41) is 8.90. The molecule has 6 heteroatoms. The average Bonchev–Trinajstić information content (AvgIpc) is 3.31. The fourth-order valence-corrected chi connectivity index (χ4v) is 4.34. The van der Waals surface area contributed by atoms with Gasteiger partial charge in [0.25, 0.3) is 0 Å². The highest BCUT2D eigenvalue weighted by molar-refractivity contribution is 8.04. The van der Waals surface area contributed by atoms with Gasteiger partial charge >= 0.3 is 5.97 Å². The monoisotopic (exact) mass is 436 g/mol. The summed E-state index contributed by atoms with van der Waals surface area (Å²) in [6.45, 7) is 9.21. The molecule has 1 aromatic carbocycles. The molecule has 5 nitrogen and oxygen atoms in total. The second kappa shape index (κ2) is 12.7. The Kier molecular flexibility index (Phi) is 9.94. The highest BCUT2D eigenvalue weighted by atomic mass is 32.2. The Labute approximate surface area is 189 Å². The summed E-state index contributed by atoms with van der Waals surface area (Å²) in [5.74, 6) is 4.58. The van der Waals surface area contributed by atoms with Crippen molar-refractivity contribution in [2.75, 3.05) is 24.6 Å². The molecular weight excluding hydrogens is 408 g/mol. The van der Waals surface area contributed by atoms with Crippen molar-refractivity contribution in [2.45, 2.75) is 44.8 Å². The number of hydrogen-bond donors (Lipinski definition) is 0. The summed E-state index contributed by atoms with van der Waals surface area (Å²) < 4.78 is 4.98. The van der Waals surface area contributed by atoms with E-state index in [-0.39, 0.29) is 18.0 Å². The molecular formula is C25H28N2O3S. The molecule has 0 amide bonds. The SMILES string of the molecule is C=CCOC(=O)/C(C#N)=C(/C)SC(Cc1ccc(N2CCCC2)cc1)C(=O)C#CCC. The van der Waals surface area contributed by atoms with Crippen molar-refractivity contribution in [3.05, 3.63) is 53.0 Å². The molecule has 0 radical (unpaired) electrons. The van der Waals surface area contributed by atoms with Crippen LogP contribution >= 0.6 is 11.8 Å². The van der Waals surface area contributed by atoms with Gasteiger partial charge in [-0.3, -0.25) is 4.79 Å². The number of nitriles is 1. The average molecular weight is 437 g/mol. The number of carbonyl (C=O) groups excluding carboxylic acids is 2. The molecule has 31 heavy (non-hydrogen) atoms. The topological polar surface area (TPSA) is 70.4 Å². The third-order valence-corrected chi connectivity index (χ3v) is 6.05. The third kappa shape index (κ3) is 7.35. The van der Waals surface area contributed by atoms with Gasteiger partial charge in [-0.05, 0) is 49.8 Å². The van der Waals surface area contributed by atoms with Gasteiger partial charge in [-0.2, -0.15) is 5.26 Å². The lowest BCUT2D eigenvalue weighted by Crippen LogP contribution is -2.20. The molecule has 1 unspecified atom stereocenters. The molecule has 0 bridgehead atoms. The van der Waals surface area contributed by atoms with Crippen LogP contribution in [-0.2, 0) is 20.7 Å². The van der Waals surface area contributed by atoms with Crippen LogP contribution < -0.4 is 4.90 Å². The minimum Gasteiger partial charge on any atom is -0.457 e. The molecule has 1 heterocycles. The van der Waals surface area contributed by atoms with Crippen LogP contribution in [0.1, 0.15) is 38.7 Å². The first-order valence-corrected chi connectivity index (χ1v) is 11.3. The Morgan fingerprint density at radius 2 is 1.97 bits per heavy atom. The minimum absolute atomic E-state index is 0.0235. The van der Waals surface area contributed by atoms with Gasteiger partial charge in [0.2, 0.25) is 5.78 Å². The number of nitrogens with zero attached hydrogens (tertiary/aromatic N) is 2. The molecule has 0 N–H and O–H groups in total.